The van der Waals surface area contributed by atoms with Crippen molar-refractivity contribution in [1.82, 2.24) is 14.3 Å². The van der Waals surface area contributed by atoms with Crippen LogP contribution >= 0.6 is 11.6 Å². The second-order valence-corrected chi connectivity index (χ2v) is 5.34. The van der Waals surface area contributed by atoms with Crippen molar-refractivity contribution in [3.8, 4) is 5.75 Å². The van der Waals surface area contributed by atoms with E-state index in [4.69, 9.17) is 11.6 Å². The first kappa shape index (κ1) is 11.8. The number of likely N-dealkylation sites (tertiary alicyclic amines) is 1. The van der Waals surface area contributed by atoms with Crippen molar-refractivity contribution in [3.63, 3.8) is 0 Å². The van der Waals surface area contributed by atoms with Gasteiger partial charge < -0.3 is 14.4 Å². The van der Waals surface area contributed by atoms with Gasteiger partial charge in [-0.2, -0.15) is 0 Å². The average molecular weight is 266 g/mol. The van der Waals surface area contributed by atoms with E-state index in [1.807, 2.05) is 10.6 Å². The van der Waals surface area contributed by atoms with E-state index in [1.165, 1.54) is 0 Å². The average Bonchev–Trinajstić information content (AvgIpc) is 2.68. The summed E-state index contributed by atoms with van der Waals surface area (Å²) in [5.74, 6) is 1.69. The molecule has 96 valence electrons. The number of nitrogens with zero attached hydrogens (tertiary/aromatic N) is 3. The van der Waals surface area contributed by atoms with Crippen molar-refractivity contribution in [2.45, 2.75) is 18.8 Å². The number of hydrogen-bond donors (Lipinski definition) is 1. The highest BCUT2D eigenvalue weighted by molar-refractivity contribution is 6.32. The van der Waals surface area contributed by atoms with Crippen LogP contribution in [0.4, 0.5) is 0 Å². The number of halogens is 1. The van der Waals surface area contributed by atoms with E-state index in [-0.39, 0.29) is 5.75 Å². The molecule has 18 heavy (non-hydrogen) atoms. The Morgan fingerprint density at radius 1 is 1.39 bits per heavy atom. The van der Waals surface area contributed by atoms with Crippen LogP contribution < -0.4 is 0 Å². The second kappa shape index (κ2) is 4.44. The Balaban J connectivity index is 2.02. The Kier molecular flexibility index (Phi) is 2.92. The van der Waals surface area contributed by atoms with E-state index < -0.39 is 0 Å². The van der Waals surface area contributed by atoms with Crippen LogP contribution in [0.3, 0.4) is 0 Å². The van der Waals surface area contributed by atoms with Crippen molar-refractivity contribution < 1.29 is 5.11 Å². The van der Waals surface area contributed by atoms with Crippen LogP contribution in [-0.4, -0.2) is 39.5 Å². The van der Waals surface area contributed by atoms with E-state index >= 15 is 0 Å². The second-order valence-electron chi connectivity index (χ2n) is 4.98. The number of fused-ring (bicyclic) bond motifs is 1. The van der Waals surface area contributed by atoms with Crippen LogP contribution in [0.1, 0.15) is 24.6 Å². The first-order chi connectivity index (χ1) is 8.65. The molecule has 0 aromatic carbocycles. The molecule has 3 heterocycles. The topological polar surface area (TPSA) is 40.8 Å². The summed E-state index contributed by atoms with van der Waals surface area (Å²) in [6.07, 6.45) is 4.05. The lowest BCUT2D eigenvalue weighted by atomic mass is 9.96. The highest BCUT2D eigenvalue weighted by atomic mass is 35.5. The molecule has 1 saturated heterocycles. The summed E-state index contributed by atoms with van der Waals surface area (Å²) >= 11 is 6.14. The minimum absolute atomic E-state index is 0.222. The van der Waals surface area contributed by atoms with Gasteiger partial charge in [-0.1, -0.05) is 11.6 Å². The SMILES string of the molecule is CN1CCC(c2nc(Cl)c3cc(O)ccn23)CC1. The van der Waals surface area contributed by atoms with E-state index in [9.17, 15) is 5.11 Å². The molecule has 2 aromatic heterocycles. The van der Waals surface area contributed by atoms with Gasteiger partial charge in [0.2, 0.25) is 0 Å². The molecule has 1 aliphatic rings. The fourth-order valence-electron chi connectivity index (χ4n) is 2.61. The van der Waals surface area contributed by atoms with Crippen LogP contribution in [0.5, 0.6) is 5.75 Å². The van der Waals surface area contributed by atoms with Crippen LogP contribution in [0.15, 0.2) is 18.3 Å². The van der Waals surface area contributed by atoms with E-state index in [1.54, 1.807) is 12.1 Å². The van der Waals surface area contributed by atoms with Gasteiger partial charge in [-0.3, -0.25) is 0 Å². The fraction of sp³-hybridized carbons (Fsp3) is 0.462. The highest BCUT2D eigenvalue weighted by Crippen LogP contribution is 2.31. The largest absolute Gasteiger partial charge is 0.508 e. The van der Waals surface area contributed by atoms with Crippen molar-refractivity contribution in [2.75, 3.05) is 20.1 Å². The van der Waals surface area contributed by atoms with Crippen LogP contribution in [-0.2, 0) is 0 Å². The van der Waals surface area contributed by atoms with Gasteiger partial charge in [0.15, 0.2) is 5.15 Å². The molecule has 0 aliphatic carbocycles. The zero-order chi connectivity index (χ0) is 12.7. The Labute approximate surface area is 111 Å². The molecular weight excluding hydrogens is 250 g/mol. The van der Waals surface area contributed by atoms with Gasteiger partial charge in [0.05, 0.1) is 5.52 Å². The lowest BCUT2D eigenvalue weighted by Crippen LogP contribution is -2.29. The number of rotatable bonds is 1. The predicted octanol–water partition coefficient (Wildman–Crippen LogP) is 2.50. The quantitative estimate of drug-likeness (QED) is 0.861. The van der Waals surface area contributed by atoms with Gasteiger partial charge in [-0.15, -0.1) is 0 Å². The summed E-state index contributed by atoms with van der Waals surface area (Å²) in [5.41, 5.74) is 0.783. The number of hydrogen-bond acceptors (Lipinski definition) is 3. The van der Waals surface area contributed by atoms with Crippen molar-refractivity contribution in [1.29, 1.82) is 0 Å². The Bertz CT molecular complexity index is 573. The molecular formula is C13H16ClN3O. The third-order valence-corrected chi connectivity index (χ3v) is 3.97. The van der Waals surface area contributed by atoms with Crippen molar-refractivity contribution in [3.05, 3.63) is 29.3 Å². The molecule has 1 fully saturated rings. The van der Waals surface area contributed by atoms with Gasteiger partial charge in [0.1, 0.15) is 11.6 Å². The lowest BCUT2D eigenvalue weighted by molar-refractivity contribution is 0.251. The number of aromatic nitrogens is 2. The molecule has 2 aromatic rings. The van der Waals surface area contributed by atoms with E-state index in [0.717, 1.165) is 37.3 Å². The Morgan fingerprint density at radius 2 is 2.11 bits per heavy atom. The molecule has 0 bridgehead atoms. The summed E-state index contributed by atoms with van der Waals surface area (Å²) in [5, 5.41) is 9.97. The Morgan fingerprint density at radius 3 is 2.83 bits per heavy atom. The minimum atomic E-state index is 0.222. The molecule has 0 radical (unpaired) electrons. The molecule has 5 heteroatoms. The molecule has 0 saturated carbocycles. The number of aromatic hydroxyl groups is 1. The molecule has 1 N–H and O–H groups in total. The smallest absolute Gasteiger partial charge is 0.155 e. The van der Waals surface area contributed by atoms with Gasteiger partial charge in [-0.25, -0.2) is 4.98 Å². The molecule has 1 aliphatic heterocycles. The lowest BCUT2D eigenvalue weighted by Gasteiger charge is -2.28. The standard InChI is InChI=1S/C13H16ClN3O/c1-16-5-2-9(3-6-16)13-15-12(14)11-8-10(18)4-7-17(11)13/h4,7-9,18H,2-3,5-6H2,1H3. The third kappa shape index (κ3) is 1.95. The van der Waals surface area contributed by atoms with Crippen molar-refractivity contribution >= 4 is 17.1 Å². The summed E-state index contributed by atoms with van der Waals surface area (Å²) in [4.78, 5) is 6.81. The summed E-state index contributed by atoms with van der Waals surface area (Å²) < 4.78 is 2.00. The number of imidazole rings is 1. The number of pyridine rings is 1. The van der Waals surface area contributed by atoms with Crippen LogP contribution in [0.2, 0.25) is 5.15 Å². The van der Waals surface area contributed by atoms with Crippen LogP contribution in [0, 0.1) is 0 Å². The molecule has 0 spiro atoms. The molecule has 0 atom stereocenters. The minimum Gasteiger partial charge on any atom is -0.508 e. The molecule has 4 nitrogen and oxygen atoms in total. The van der Waals surface area contributed by atoms with Gasteiger partial charge in [0.25, 0.3) is 0 Å². The maximum absolute atomic E-state index is 9.50. The zero-order valence-corrected chi connectivity index (χ0v) is 11.1. The van der Waals surface area contributed by atoms with Gasteiger partial charge in [-0.05, 0) is 39.0 Å². The van der Waals surface area contributed by atoms with E-state index in [0.29, 0.717) is 11.1 Å². The maximum Gasteiger partial charge on any atom is 0.155 e. The van der Waals surface area contributed by atoms with Gasteiger partial charge in [0, 0.05) is 18.2 Å². The molecule has 0 unspecified atom stereocenters. The zero-order valence-electron chi connectivity index (χ0n) is 10.3. The Hall–Kier alpha value is -1.26. The molecule has 0 amide bonds. The first-order valence-electron chi connectivity index (χ1n) is 6.20. The first-order valence-corrected chi connectivity index (χ1v) is 6.58. The number of piperidine rings is 1. The summed E-state index contributed by atoms with van der Waals surface area (Å²) in [6, 6.07) is 3.33. The predicted molar refractivity (Wildman–Crippen MR) is 71.3 cm³/mol. The third-order valence-electron chi connectivity index (χ3n) is 3.69. The van der Waals surface area contributed by atoms with Gasteiger partial charge >= 0.3 is 0 Å². The molecule has 3 rings (SSSR count). The van der Waals surface area contributed by atoms with Crippen LogP contribution in [0.25, 0.3) is 5.52 Å². The van der Waals surface area contributed by atoms with Crippen molar-refractivity contribution in [2.24, 2.45) is 0 Å². The summed E-state index contributed by atoms with van der Waals surface area (Å²) in [6.45, 7) is 2.19. The van der Waals surface area contributed by atoms with E-state index in [2.05, 4.69) is 16.9 Å². The monoisotopic (exact) mass is 265 g/mol. The fourth-order valence-corrected chi connectivity index (χ4v) is 2.85. The highest BCUT2D eigenvalue weighted by Gasteiger charge is 2.23. The summed E-state index contributed by atoms with van der Waals surface area (Å²) in [7, 11) is 2.14. The normalized spacial score (nSPS) is 18.6. The maximum atomic E-state index is 9.50.